The van der Waals surface area contributed by atoms with Crippen LogP contribution in [0.2, 0.25) is 0 Å². The van der Waals surface area contributed by atoms with Crippen LogP contribution in [0.25, 0.3) is 41.1 Å². The lowest BCUT2D eigenvalue weighted by Crippen LogP contribution is -2.14. The highest BCUT2D eigenvalue weighted by atomic mass is 127. The molecule has 0 saturated heterocycles. The van der Waals surface area contributed by atoms with Crippen LogP contribution in [0.15, 0.2) is 142 Å². The predicted octanol–water partition coefficient (Wildman–Crippen LogP) is 15.6. The fraction of sp³-hybridized carbons (Fsp3) is 0.130. The number of anilines is 3. The molecule has 2 aliphatic carbocycles. The molecule has 0 aliphatic heterocycles. The lowest BCUT2D eigenvalue weighted by atomic mass is 9.81. The van der Waals surface area contributed by atoms with Crippen molar-refractivity contribution in [3.05, 3.63) is 168 Å². The highest BCUT2D eigenvalue weighted by molar-refractivity contribution is 14.1. The zero-order valence-electron chi connectivity index (χ0n) is 29.7. The first kappa shape index (κ1) is 36.5. The highest BCUT2D eigenvalue weighted by Crippen LogP contribution is 2.57. The summed E-state index contributed by atoms with van der Waals surface area (Å²) < 4.78 is 6.17. The van der Waals surface area contributed by atoms with Crippen molar-refractivity contribution in [2.75, 3.05) is 11.1 Å². The maximum Gasteiger partial charge on any atom is 0.0587 e. The first-order valence-corrected chi connectivity index (χ1v) is 21.8. The average molecular weight is 969 g/mol. The monoisotopic (exact) mass is 966 g/mol. The number of halogens is 3. The second-order valence-corrected chi connectivity index (χ2v) is 19.3. The molecule has 0 saturated carbocycles. The van der Waals surface area contributed by atoms with E-state index in [1.807, 2.05) is 53.0 Å². The first-order valence-electron chi connectivity index (χ1n) is 17.5. The molecule has 6 aromatic carbocycles. The molecule has 8 aromatic rings. The number of para-hydroxylation sites is 2. The van der Waals surface area contributed by atoms with Crippen LogP contribution in [0.1, 0.15) is 49.9 Å². The Kier molecular flexibility index (Phi) is 9.86. The van der Waals surface area contributed by atoms with E-state index in [0.29, 0.717) is 0 Å². The molecule has 0 bridgehead atoms. The summed E-state index contributed by atoms with van der Waals surface area (Å²) in [5.41, 5.74) is 17.4. The lowest BCUT2D eigenvalue weighted by molar-refractivity contribution is 0.667. The third-order valence-corrected chi connectivity index (χ3v) is 15.6. The van der Waals surface area contributed by atoms with E-state index in [-0.39, 0.29) is 10.8 Å². The van der Waals surface area contributed by atoms with E-state index >= 15 is 0 Å². The molecule has 0 radical (unpaired) electrons. The van der Waals surface area contributed by atoms with E-state index in [2.05, 4.69) is 191 Å². The first-order chi connectivity index (χ1) is 25.5. The summed E-state index contributed by atoms with van der Waals surface area (Å²) in [6.45, 7) is 9.39. The molecule has 0 atom stereocenters. The average Bonchev–Trinajstić information content (AvgIpc) is 3.86. The van der Waals surface area contributed by atoms with Gasteiger partial charge in [-0.3, -0.25) is 0 Å². The molecule has 2 heterocycles. The number of benzene rings is 6. The van der Waals surface area contributed by atoms with Gasteiger partial charge in [0, 0.05) is 43.5 Å². The summed E-state index contributed by atoms with van der Waals surface area (Å²) in [4.78, 5) is 2.89. The molecular formula is C46H37Br2IN2S2. The van der Waals surface area contributed by atoms with Gasteiger partial charge in [0.2, 0.25) is 0 Å². The molecule has 7 heteroatoms. The summed E-state index contributed by atoms with van der Waals surface area (Å²) in [6, 6.07) is 46.8. The normalized spacial score (nSPS) is 13.9. The van der Waals surface area contributed by atoms with Crippen molar-refractivity contribution >= 4 is 114 Å². The van der Waals surface area contributed by atoms with Gasteiger partial charge in [0.05, 0.1) is 16.1 Å². The molecule has 2 nitrogen and oxygen atoms in total. The van der Waals surface area contributed by atoms with Gasteiger partial charge in [-0.25, -0.2) is 0 Å². The number of thiophene rings is 2. The van der Waals surface area contributed by atoms with Crippen molar-refractivity contribution in [1.29, 1.82) is 0 Å². The zero-order valence-corrected chi connectivity index (χ0v) is 36.7. The summed E-state index contributed by atoms with van der Waals surface area (Å²) >= 11 is 13.2. The molecule has 0 spiro atoms. The summed E-state index contributed by atoms with van der Waals surface area (Å²) in [5.74, 6) is 0. The predicted molar refractivity (Wildman–Crippen MR) is 247 cm³/mol. The minimum absolute atomic E-state index is 0.0378. The third-order valence-electron chi connectivity index (χ3n) is 10.4. The van der Waals surface area contributed by atoms with Crippen molar-refractivity contribution in [3.8, 4) is 20.9 Å². The molecule has 3 N–H and O–H groups in total. The minimum Gasteiger partial charge on any atom is -0.398 e. The fourth-order valence-electron chi connectivity index (χ4n) is 7.83. The van der Waals surface area contributed by atoms with E-state index in [1.54, 1.807) is 0 Å². The van der Waals surface area contributed by atoms with Gasteiger partial charge < -0.3 is 11.1 Å². The molecule has 53 heavy (non-hydrogen) atoms. The maximum atomic E-state index is 5.47. The zero-order chi connectivity index (χ0) is 37.1. The Morgan fingerprint density at radius 2 is 1.00 bits per heavy atom. The Bertz CT molecular complexity index is 2650. The summed E-state index contributed by atoms with van der Waals surface area (Å²) in [6.07, 6.45) is 0. The molecule has 2 aliphatic rings. The van der Waals surface area contributed by atoms with Crippen LogP contribution < -0.4 is 11.1 Å². The van der Waals surface area contributed by atoms with E-state index in [1.165, 1.54) is 72.6 Å². The number of hydrogen-bond donors (Lipinski definition) is 2. The van der Waals surface area contributed by atoms with Crippen molar-refractivity contribution in [2.45, 2.75) is 38.5 Å². The maximum absolute atomic E-state index is 5.47. The second-order valence-electron chi connectivity index (χ2n) is 14.4. The van der Waals surface area contributed by atoms with Gasteiger partial charge >= 0.3 is 0 Å². The van der Waals surface area contributed by atoms with Crippen LogP contribution in [0, 0.1) is 3.57 Å². The molecule has 2 aromatic heterocycles. The van der Waals surface area contributed by atoms with Crippen molar-refractivity contribution in [3.63, 3.8) is 0 Å². The Morgan fingerprint density at radius 3 is 1.57 bits per heavy atom. The molecule has 0 amide bonds. The van der Waals surface area contributed by atoms with Crippen LogP contribution in [-0.4, -0.2) is 0 Å². The van der Waals surface area contributed by atoms with E-state index < -0.39 is 0 Å². The minimum atomic E-state index is 0.0378. The van der Waals surface area contributed by atoms with E-state index in [4.69, 9.17) is 5.73 Å². The van der Waals surface area contributed by atoms with Gasteiger partial charge in [-0.2, -0.15) is 0 Å². The molecular weight excluding hydrogens is 931 g/mol. The molecule has 0 fully saturated rings. The van der Waals surface area contributed by atoms with Crippen LogP contribution in [-0.2, 0) is 10.8 Å². The van der Waals surface area contributed by atoms with Crippen molar-refractivity contribution in [2.24, 2.45) is 0 Å². The number of nitrogens with two attached hydrogens (primary N) is 1. The van der Waals surface area contributed by atoms with Gasteiger partial charge in [-0.1, -0.05) is 125 Å². The topological polar surface area (TPSA) is 38.0 Å². The van der Waals surface area contributed by atoms with Crippen LogP contribution in [0.5, 0.6) is 0 Å². The van der Waals surface area contributed by atoms with Crippen molar-refractivity contribution in [1.82, 2.24) is 0 Å². The Morgan fingerprint density at radius 1 is 0.528 bits per heavy atom. The van der Waals surface area contributed by atoms with Gasteiger partial charge in [-0.05, 0) is 135 Å². The highest BCUT2D eigenvalue weighted by Gasteiger charge is 2.39. The number of nitrogens with one attached hydrogen (secondary N) is 1. The standard InChI is InChI=1S/C23H18BrNS.C17H13IS.C6H6BrN/c1-23(2)16-10-4-3-8-14(16)22-20(23)15-9-7-13-19(21(15)26-22)25-18-12-6-5-11-17(18)24;1-17(2)12-8-4-3-6-10(12)16-14(17)11-7-5-9-13(18)15(11)19-16;7-5-3-1-2-4-6(5)8/h3-13,25H,1-2H3;3-9H,1-2H3;1-4H,8H2. The van der Waals surface area contributed by atoms with Gasteiger partial charge in [-0.15, -0.1) is 22.7 Å². The second kappa shape index (κ2) is 14.3. The Balaban J connectivity index is 0.000000129. The summed E-state index contributed by atoms with van der Waals surface area (Å²) in [5, 5.41) is 6.42. The largest absolute Gasteiger partial charge is 0.398 e. The van der Waals surface area contributed by atoms with Crippen LogP contribution >= 0.6 is 77.1 Å². The molecule has 10 rings (SSSR count). The third kappa shape index (κ3) is 6.36. The van der Waals surface area contributed by atoms with Crippen LogP contribution in [0.3, 0.4) is 0 Å². The van der Waals surface area contributed by atoms with Gasteiger partial charge in [0.25, 0.3) is 0 Å². The van der Waals surface area contributed by atoms with E-state index in [9.17, 15) is 0 Å². The lowest BCUT2D eigenvalue weighted by Gasteiger charge is -2.21. The number of nitrogen functional groups attached to an aromatic ring is 1. The number of hydrogen-bond acceptors (Lipinski definition) is 4. The van der Waals surface area contributed by atoms with Gasteiger partial charge in [0.15, 0.2) is 0 Å². The number of fused-ring (bicyclic) bond motifs is 10. The molecule has 0 unspecified atom stereocenters. The summed E-state index contributed by atoms with van der Waals surface area (Å²) in [7, 11) is 0. The molecule has 264 valence electrons. The quantitative estimate of drug-likeness (QED) is 0.134. The van der Waals surface area contributed by atoms with Gasteiger partial charge in [0.1, 0.15) is 0 Å². The van der Waals surface area contributed by atoms with Crippen molar-refractivity contribution < 1.29 is 0 Å². The van der Waals surface area contributed by atoms with Crippen LogP contribution in [0.4, 0.5) is 17.1 Å². The van der Waals surface area contributed by atoms with E-state index in [0.717, 1.165) is 20.3 Å². The fourth-order valence-corrected chi connectivity index (χ4v) is 12.2. The smallest absolute Gasteiger partial charge is 0.0587 e. The Labute approximate surface area is 349 Å². The number of rotatable bonds is 2. The SMILES string of the molecule is CC1(C)c2ccccc2-c2sc3c(I)cccc3c21.CC1(C)c2ccccc2-c2sc3c(Nc4ccccc4Br)cccc3c21.Nc1ccccc1Br. The Hall–Kier alpha value is -3.47.